The number of pyridine rings is 1. The first-order chi connectivity index (χ1) is 9.81. The fourth-order valence-corrected chi connectivity index (χ4v) is 3.51. The van der Waals surface area contributed by atoms with Gasteiger partial charge in [0.2, 0.25) is 0 Å². The van der Waals surface area contributed by atoms with Crippen molar-refractivity contribution in [2.24, 2.45) is 0 Å². The van der Waals surface area contributed by atoms with Crippen molar-refractivity contribution < 1.29 is 8.42 Å². The lowest BCUT2D eigenvalue weighted by atomic mass is 10.2. The quantitative estimate of drug-likeness (QED) is 0.918. The molecular formula is C14H20N4O2S. The molecule has 0 aliphatic carbocycles. The Morgan fingerprint density at radius 2 is 1.90 bits per heavy atom. The Bertz CT molecular complexity index is 722. The average Bonchev–Trinajstić information content (AvgIpc) is 2.88. The summed E-state index contributed by atoms with van der Waals surface area (Å²) in [5.74, 6) is 0. The van der Waals surface area contributed by atoms with Crippen molar-refractivity contribution in [2.75, 3.05) is 0 Å². The molecule has 0 fully saturated rings. The molecule has 6 nitrogen and oxygen atoms in total. The zero-order chi connectivity index (χ0) is 15.6. The van der Waals surface area contributed by atoms with Crippen LogP contribution >= 0.6 is 0 Å². The molecule has 0 aliphatic rings. The van der Waals surface area contributed by atoms with Crippen LogP contribution in [0.1, 0.15) is 44.2 Å². The molecule has 21 heavy (non-hydrogen) atoms. The number of nitrogens with zero attached hydrogens (tertiary/aromatic N) is 3. The fraction of sp³-hybridized carbons (Fsp3) is 0.429. The molecule has 2 heterocycles. The largest absolute Gasteiger partial charge is 0.258 e. The van der Waals surface area contributed by atoms with E-state index in [1.165, 1.54) is 16.9 Å². The van der Waals surface area contributed by atoms with Crippen LogP contribution in [0.5, 0.6) is 0 Å². The third-order valence-electron chi connectivity index (χ3n) is 3.08. The molecule has 0 amide bonds. The van der Waals surface area contributed by atoms with E-state index >= 15 is 0 Å². The second-order valence-electron chi connectivity index (χ2n) is 5.25. The van der Waals surface area contributed by atoms with Crippen LogP contribution in [0.25, 0.3) is 0 Å². The summed E-state index contributed by atoms with van der Waals surface area (Å²) in [6, 6.07) is 6.60. The maximum Gasteiger partial charge on any atom is 0.258 e. The number of aryl methyl sites for hydroxylation is 1. The zero-order valence-electron chi connectivity index (χ0n) is 12.6. The van der Waals surface area contributed by atoms with E-state index in [0.717, 1.165) is 5.69 Å². The molecule has 2 aromatic rings. The van der Waals surface area contributed by atoms with E-state index in [1.54, 1.807) is 13.0 Å². The highest BCUT2D eigenvalue weighted by atomic mass is 32.2. The second kappa shape index (κ2) is 5.95. The van der Waals surface area contributed by atoms with Crippen LogP contribution in [0.15, 0.2) is 35.5 Å². The highest BCUT2D eigenvalue weighted by molar-refractivity contribution is 7.89. The molecule has 0 spiro atoms. The molecule has 114 valence electrons. The first kappa shape index (κ1) is 15.7. The molecule has 0 unspecified atom stereocenters. The Balaban J connectivity index is 2.27. The van der Waals surface area contributed by atoms with Gasteiger partial charge in [-0.15, -0.1) is 0 Å². The standard InChI is InChI=1S/C14H20N4O2S/c1-10(2)18-14(8-9-15-18)21(19,20)17-12(4)13-7-5-6-11(3)16-13/h5-10,12,17H,1-4H3/t12-/m1/s1. The van der Waals surface area contributed by atoms with Gasteiger partial charge in [0.05, 0.1) is 17.9 Å². The summed E-state index contributed by atoms with van der Waals surface area (Å²) in [5, 5.41) is 4.22. The van der Waals surface area contributed by atoms with E-state index < -0.39 is 16.1 Å². The minimum absolute atomic E-state index is 0.0287. The SMILES string of the molecule is Cc1cccc([C@@H](C)NS(=O)(=O)c2ccnn2C(C)C)n1. The van der Waals surface area contributed by atoms with Gasteiger partial charge in [0.15, 0.2) is 5.03 Å². The summed E-state index contributed by atoms with van der Waals surface area (Å²) >= 11 is 0. The van der Waals surface area contributed by atoms with Crippen LogP contribution in [0, 0.1) is 6.92 Å². The van der Waals surface area contributed by atoms with Gasteiger partial charge in [-0.1, -0.05) is 6.07 Å². The maximum absolute atomic E-state index is 12.5. The molecule has 1 N–H and O–H groups in total. The summed E-state index contributed by atoms with van der Waals surface area (Å²) < 4.78 is 29.1. The molecule has 0 saturated heterocycles. The summed E-state index contributed by atoms with van der Waals surface area (Å²) in [7, 11) is -3.64. The summed E-state index contributed by atoms with van der Waals surface area (Å²) in [4.78, 5) is 4.35. The van der Waals surface area contributed by atoms with Gasteiger partial charge in [0.1, 0.15) is 0 Å². The van der Waals surface area contributed by atoms with Crippen LogP contribution in [-0.4, -0.2) is 23.2 Å². The van der Waals surface area contributed by atoms with E-state index in [0.29, 0.717) is 5.69 Å². The van der Waals surface area contributed by atoms with Crippen molar-refractivity contribution in [1.82, 2.24) is 19.5 Å². The van der Waals surface area contributed by atoms with Gasteiger partial charge < -0.3 is 0 Å². The van der Waals surface area contributed by atoms with Gasteiger partial charge in [-0.2, -0.15) is 5.10 Å². The molecule has 0 aromatic carbocycles. The first-order valence-electron chi connectivity index (χ1n) is 6.80. The lowest BCUT2D eigenvalue weighted by Crippen LogP contribution is -2.29. The normalized spacial score (nSPS) is 13.6. The van der Waals surface area contributed by atoms with Gasteiger partial charge in [-0.3, -0.25) is 9.67 Å². The lowest BCUT2D eigenvalue weighted by molar-refractivity contribution is 0.472. The van der Waals surface area contributed by atoms with Crippen molar-refractivity contribution >= 4 is 10.0 Å². The van der Waals surface area contributed by atoms with Crippen molar-refractivity contribution in [3.63, 3.8) is 0 Å². The fourth-order valence-electron chi connectivity index (χ4n) is 2.06. The number of nitrogens with one attached hydrogen (secondary N) is 1. The first-order valence-corrected chi connectivity index (χ1v) is 8.29. The number of rotatable bonds is 5. The topological polar surface area (TPSA) is 76.9 Å². The average molecular weight is 308 g/mol. The predicted molar refractivity (Wildman–Crippen MR) is 80.3 cm³/mol. The van der Waals surface area contributed by atoms with E-state index in [4.69, 9.17) is 0 Å². The molecular weight excluding hydrogens is 288 g/mol. The van der Waals surface area contributed by atoms with Gasteiger partial charge in [0, 0.05) is 11.7 Å². The highest BCUT2D eigenvalue weighted by Crippen LogP contribution is 2.18. The summed E-state index contributed by atoms with van der Waals surface area (Å²) in [5.41, 5.74) is 1.54. The minimum Gasteiger partial charge on any atom is -0.256 e. The van der Waals surface area contributed by atoms with Crippen LogP contribution in [-0.2, 0) is 10.0 Å². The number of sulfonamides is 1. The molecule has 1 atom stereocenters. The Hall–Kier alpha value is -1.73. The summed E-state index contributed by atoms with van der Waals surface area (Å²) in [6.45, 7) is 7.42. The molecule has 0 bridgehead atoms. The smallest absolute Gasteiger partial charge is 0.256 e. The molecule has 0 radical (unpaired) electrons. The summed E-state index contributed by atoms with van der Waals surface area (Å²) in [6.07, 6.45) is 1.49. The Labute approximate surface area is 125 Å². The molecule has 0 saturated carbocycles. The monoisotopic (exact) mass is 308 g/mol. The Morgan fingerprint density at radius 1 is 1.19 bits per heavy atom. The second-order valence-corrected chi connectivity index (χ2v) is 6.92. The van der Waals surface area contributed by atoms with Crippen LogP contribution in [0.2, 0.25) is 0 Å². The predicted octanol–water partition coefficient (Wildman–Crippen LogP) is 2.21. The number of hydrogen-bond acceptors (Lipinski definition) is 4. The van der Waals surface area contributed by atoms with Gasteiger partial charge in [-0.25, -0.2) is 13.1 Å². The zero-order valence-corrected chi connectivity index (χ0v) is 13.4. The Kier molecular flexibility index (Phi) is 4.43. The van der Waals surface area contributed by atoms with Crippen LogP contribution < -0.4 is 4.72 Å². The maximum atomic E-state index is 12.5. The molecule has 2 aromatic heterocycles. The van der Waals surface area contributed by atoms with Crippen LogP contribution in [0.4, 0.5) is 0 Å². The third kappa shape index (κ3) is 3.48. The van der Waals surface area contributed by atoms with Gasteiger partial charge in [-0.05, 0) is 45.9 Å². The van der Waals surface area contributed by atoms with Crippen LogP contribution in [0.3, 0.4) is 0 Å². The van der Waals surface area contributed by atoms with Crippen molar-refractivity contribution in [2.45, 2.75) is 44.8 Å². The highest BCUT2D eigenvalue weighted by Gasteiger charge is 2.23. The van der Waals surface area contributed by atoms with E-state index in [9.17, 15) is 8.42 Å². The van der Waals surface area contributed by atoms with Crippen molar-refractivity contribution in [1.29, 1.82) is 0 Å². The van der Waals surface area contributed by atoms with E-state index in [-0.39, 0.29) is 11.1 Å². The van der Waals surface area contributed by atoms with Crippen molar-refractivity contribution in [3.05, 3.63) is 41.9 Å². The van der Waals surface area contributed by atoms with E-state index in [2.05, 4.69) is 14.8 Å². The molecule has 7 heteroatoms. The molecule has 0 aliphatic heterocycles. The number of aromatic nitrogens is 3. The van der Waals surface area contributed by atoms with Gasteiger partial charge >= 0.3 is 0 Å². The Morgan fingerprint density at radius 3 is 2.52 bits per heavy atom. The number of hydrogen-bond donors (Lipinski definition) is 1. The van der Waals surface area contributed by atoms with E-state index in [1.807, 2.05) is 32.9 Å². The minimum atomic E-state index is -3.64. The third-order valence-corrected chi connectivity index (χ3v) is 4.62. The van der Waals surface area contributed by atoms with Gasteiger partial charge in [0.25, 0.3) is 10.0 Å². The lowest BCUT2D eigenvalue weighted by Gasteiger charge is -2.16. The molecule has 2 rings (SSSR count). The van der Waals surface area contributed by atoms with Crippen molar-refractivity contribution in [3.8, 4) is 0 Å².